The van der Waals surface area contributed by atoms with Crippen molar-refractivity contribution in [1.82, 2.24) is 4.90 Å². The van der Waals surface area contributed by atoms with Gasteiger partial charge in [0.15, 0.2) is 0 Å². The van der Waals surface area contributed by atoms with Crippen LogP contribution in [0.2, 0.25) is 0 Å². The van der Waals surface area contributed by atoms with Crippen LogP contribution in [-0.2, 0) is 19.1 Å². The molecule has 0 N–H and O–H groups in total. The number of hydrogen-bond acceptors (Lipinski definition) is 4. The molecule has 2 aliphatic heterocycles. The maximum atomic E-state index is 12.2. The zero-order chi connectivity index (χ0) is 15.0. The molecule has 2 heterocycles. The summed E-state index contributed by atoms with van der Waals surface area (Å²) in [4.78, 5) is 25.5. The molecule has 5 nitrogen and oxygen atoms in total. The van der Waals surface area contributed by atoms with E-state index in [1.54, 1.807) is 4.90 Å². The number of carbonyl (C=O) groups is 2. The van der Waals surface area contributed by atoms with Crippen molar-refractivity contribution >= 4 is 11.9 Å². The van der Waals surface area contributed by atoms with Gasteiger partial charge in [-0.05, 0) is 12.5 Å². The summed E-state index contributed by atoms with van der Waals surface area (Å²) in [5, 5.41) is 0. The first kappa shape index (κ1) is 14.1. The van der Waals surface area contributed by atoms with Gasteiger partial charge in [-0.25, -0.2) is 0 Å². The molecule has 2 fully saturated rings. The van der Waals surface area contributed by atoms with Crippen LogP contribution in [0.15, 0.2) is 30.3 Å². The van der Waals surface area contributed by atoms with Gasteiger partial charge in [-0.3, -0.25) is 9.59 Å². The van der Waals surface area contributed by atoms with E-state index in [9.17, 15) is 9.59 Å². The molecule has 0 bridgehead atoms. The number of esters is 1. The number of hydrogen-bond donors (Lipinski definition) is 0. The molecule has 0 aliphatic carbocycles. The van der Waals surface area contributed by atoms with E-state index in [2.05, 4.69) is 0 Å². The zero-order valence-electron chi connectivity index (χ0n) is 12.2. The fourth-order valence-electron chi connectivity index (χ4n) is 3.32. The summed E-state index contributed by atoms with van der Waals surface area (Å²) in [5.41, 5.74) is 1.06. The third kappa shape index (κ3) is 2.42. The SMILES string of the molecule is COC(=O)C[C@@H]1CC(=O)N2[C@@H](C)[C@@H](c3ccccc3)O[C@@H]12. The van der Waals surface area contributed by atoms with Crippen molar-refractivity contribution in [3.63, 3.8) is 0 Å². The van der Waals surface area contributed by atoms with Gasteiger partial charge in [0.2, 0.25) is 5.91 Å². The Morgan fingerprint density at radius 2 is 2.10 bits per heavy atom. The van der Waals surface area contributed by atoms with Crippen LogP contribution in [-0.4, -0.2) is 36.2 Å². The molecular formula is C16H19NO4. The van der Waals surface area contributed by atoms with E-state index in [4.69, 9.17) is 9.47 Å². The van der Waals surface area contributed by atoms with E-state index in [-0.39, 0.29) is 42.6 Å². The van der Waals surface area contributed by atoms with E-state index in [0.717, 1.165) is 5.56 Å². The number of ether oxygens (including phenoxy) is 2. The molecule has 4 atom stereocenters. The Balaban J connectivity index is 1.80. The van der Waals surface area contributed by atoms with Crippen LogP contribution in [0.4, 0.5) is 0 Å². The molecule has 0 radical (unpaired) electrons. The lowest BCUT2D eigenvalue weighted by molar-refractivity contribution is -0.143. The largest absolute Gasteiger partial charge is 0.469 e. The fraction of sp³-hybridized carbons (Fsp3) is 0.500. The number of nitrogens with zero attached hydrogens (tertiary/aromatic N) is 1. The lowest BCUT2D eigenvalue weighted by atomic mass is 10.0. The van der Waals surface area contributed by atoms with Crippen molar-refractivity contribution in [3.05, 3.63) is 35.9 Å². The molecule has 0 unspecified atom stereocenters. The molecule has 1 amide bonds. The molecule has 5 heteroatoms. The summed E-state index contributed by atoms with van der Waals surface area (Å²) in [6.45, 7) is 2.00. The van der Waals surface area contributed by atoms with E-state index in [0.29, 0.717) is 6.42 Å². The van der Waals surface area contributed by atoms with Gasteiger partial charge in [0, 0.05) is 12.3 Å². The van der Waals surface area contributed by atoms with E-state index in [1.165, 1.54) is 7.11 Å². The van der Waals surface area contributed by atoms with Crippen molar-refractivity contribution in [2.75, 3.05) is 7.11 Å². The molecule has 2 saturated heterocycles. The molecule has 3 rings (SSSR count). The summed E-state index contributed by atoms with van der Waals surface area (Å²) in [7, 11) is 1.36. The van der Waals surface area contributed by atoms with E-state index in [1.807, 2.05) is 37.3 Å². The van der Waals surface area contributed by atoms with Crippen LogP contribution < -0.4 is 0 Å². The van der Waals surface area contributed by atoms with Gasteiger partial charge < -0.3 is 14.4 Å². The lowest BCUT2D eigenvalue weighted by Gasteiger charge is -2.21. The predicted octanol–water partition coefficient (Wildman–Crippen LogP) is 1.88. The molecule has 1 aromatic rings. The average molecular weight is 289 g/mol. The van der Waals surface area contributed by atoms with Gasteiger partial charge in [-0.1, -0.05) is 30.3 Å². The first-order valence-electron chi connectivity index (χ1n) is 7.20. The maximum Gasteiger partial charge on any atom is 0.305 e. The number of methoxy groups -OCH3 is 1. The Morgan fingerprint density at radius 1 is 1.38 bits per heavy atom. The summed E-state index contributed by atoms with van der Waals surface area (Å²) in [6.07, 6.45) is 0.112. The minimum atomic E-state index is -0.322. The predicted molar refractivity (Wildman–Crippen MR) is 75.1 cm³/mol. The summed E-state index contributed by atoms with van der Waals surface area (Å²) in [5.74, 6) is -0.366. The minimum Gasteiger partial charge on any atom is -0.469 e. The Bertz CT molecular complexity index is 544. The van der Waals surface area contributed by atoms with Crippen molar-refractivity contribution in [2.45, 2.75) is 38.1 Å². The minimum absolute atomic E-state index is 0.0208. The standard InChI is InChI=1S/C16H19NO4/c1-10-15(11-6-4-3-5-7-11)21-16-12(9-14(19)20-2)8-13(18)17(10)16/h3-7,10,12,15-16H,8-9H2,1-2H3/t10-,12-,15-,16-/m0/s1. The second-order valence-electron chi connectivity index (χ2n) is 5.64. The van der Waals surface area contributed by atoms with E-state index >= 15 is 0 Å². The highest BCUT2D eigenvalue weighted by Crippen LogP contribution is 2.43. The van der Waals surface area contributed by atoms with Crippen molar-refractivity contribution in [2.24, 2.45) is 5.92 Å². The Kier molecular flexibility index (Phi) is 3.68. The Morgan fingerprint density at radius 3 is 2.76 bits per heavy atom. The molecule has 1 aromatic carbocycles. The molecule has 112 valence electrons. The summed E-state index contributed by atoms with van der Waals surface area (Å²) >= 11 is 0. The highest BCUT2D eigenvalue weighted by atomic mass is 16.5. The average Bonchev–Trinajstić information content (AvgIpc) is 2.99. The third-order valence-electron chi connectivity index (χ3n) is 4.35. The van der Waals surface area contributed by atoms with Crippen molar-refractivity contribution in [1.29, 1.82) is 0 Å². The van der Waals surface area contributed by atoms with Gasteiger partial charge in [0.1, 0.15) is 12.3 Å². The van der Waals surface area contributed by atoms with Crippen LogP contribution in [0.5, 0.6) is 0 Å². The van der Waals surface area contributed by atoms with Gasteiger partial charge in [-0.2, -0.15) is 0 Å². The van der Waals surface area contributed by atoms with Crippen LogP contribution in [0.25, 0.3) is 0 Å². The first-order chi connectivity index (χ1) is 10.1. The van der Waals surface area contributed by atoms with Gasteiger partial charge >= 0.3 is 5.97 Å². The molecule has 0 saturated carbocycles. The number of rotatable bonds is 3. The van der Waals surface area contributed by atoms with Crippen LogP contribution in [0, 0.1) is 5.92 Å². The Labute approximate surface area is 123 Å². The monoisotopic (exact) mass is 289 g/mol. The van der Waals surface area contributed by atoms with Gasteiger partial charge in [0.05, 0.1) is 19.6 Å². The highest BCUT2D eigenvalue weighted by molar-refractivity contribution is 5.81. The molecule has 0 spiro atoms. The van der Waals surface area contributed by atoms with Crippen LogP contribution in [0.3, 0.4) is 0 Å². The van der Waals surface area contributed by atoms with Crippen molar-refractivity contribution in [3.8, 4) is 0 Å². The number of fused-ring (bicyclic) bond motifs is 1. The second kappa shape index (κ2) is 5.48. The van der Waals surface area contributed by atoms with Gasteiger partial charge in [-0.15, -0.1) is 0 Å². The smallest absolute Gasteiger partial charge is 0.305 e. The van der Waals surface area contributed by atoms with Crippen LogP contribution >= 0.6 is 0 Å². The fourth-order valence-corrected chi connectivity index (χ4v) is 3.32. The molecule has 0 aromatic heterocycles. The topological polar surface area (TPSA) is 55.8 Å². The number of amides is 1. The second-order valence-corrected chi connectivity index (χ2v) is 5.64. The maximum absolute atomic E-state index is 12.2. The molecule has 21 heavy (non-hydrogen) atoms. The quantitative estimate of drug-likeness (QED) is 0.797. The first-order valence-corrected chi connectivity index (χ1v) is 7.20. The molecular weight excluding hydrogens is 270 g/mol. The summed E-state index contributed by atoms with van der Waals surface area (Å²) in [6, 6.07) is 9.86. The number of carbonyl (C=O) groups excluding carboxylic acids is 2. The number of benzene rings is 1. The van der Waals surface area contributed by atoms with Crippen molar-refractivity contribution < 1.29 is 19.1 Å². The van der Waals surface area contributed by atoms with E-state index < -0.39 is 0 Å². The normalized spacial score (nSPS) is 31.3. The van der Waals surface area contributed by atoms with Crippen LogP contribution in [0.1, 0.15) is 31.4 Å². The van der Waals surface area contributed by atoms with Gasteiger partial charge in [0.25, 0.3) is 0 Å². The third-order valence-corrected chi connectivity index (χ3v) is 4.35. The molecule has 2 aliphatic rings. The summed E-state index contributed by atoms with van der Waals surface area (Å²) < 4.78 is 10.8. The Hall–Kier alpha value is -1.88. The highest BCUT2D eigenvalue weighted by Gasteiger charge is 2.51. The lowest BCUT2D eigenvalue weighted by Crippen LogP contribution is -2.36. The zero-order valence-corrected chi connectivity index (χ0v) is 12.2.